The number of amides is 1. The lowest BCUT2D eigenvalue weighted by Gasteiger charge is -2.24. The Kier molecular flexibility index (Phi) is 7.09. The van der Waals surface area contributed by atoms with Gasteiger partial charge in [0.1, 0.15) is 0 Å². The molecule has 3 aromatic carbocycles. The molecule has 1 amide bonds. The van der Waals surface area contributed by atoms with Crippen molar-refractivity contribution in [1.29, 1.82) is 0 Å². The summed E-state index contributed by atoms with van der Waals surface area (Å²) in [6.07, 6.45) is -0.790. The molecule has 31 heavy (non-hydrogen) atoms. The first-order valence-electron chi connectivity index (χ1n) is 10.0. The highest BCUT2D eigenvalue weighted by atomic mass is 32.2. The minimum Gasteiger partial charge on any atom is -0.387 e. The number of carbonyl (C=O) groups is 1. The van der Waals surface area contributed by atoms with Crippen LogP contribution >= 0.6 is 0 Å². The fourth-order valence-corrected chi connectivity index (χ4v) is 4.22. The topological polar surface area (TPSA) is 86.7 Å². The van der Waals surface area contributed by atoms with Gasteiger partial charge in [-0.25, -0.2) is 8.42 Å². The molecule has 0 heterocycles. The van der Waals surface area contributed by atoms with Crippen molar-refractivity contribution in [2.24, 2.45) is 0 Å². The van der Waals surface area contributed by atoms with E-state index in [2.05, 4.69) is 4.72 Å². The number of hydrogen-bond donors (Lipinski definition) is 2. The SMILES string of the molecule is CCN(CC(O)c1ccc(C)cc1)C(=O)c1ccc(NS(=O)(=O)c2ccccc2)cc1. The predicted molar refractivity (Wildman–Crippen MR) is 121 cm³/mol. The highest BCUT2D eigenvalue weighted by Gasteiger charge is 2.19. The molecule has 0 saturated heterocycles. The molecular weight excluding hydrogens is 412 g/mol. The number of anilines is 1. The Hall–Kier alpha value is -3.16. The Morgan fingerprint density at radius 2 is 1.58 bits per heavy atom. The smallest absolute Gasteiger partial charge is 0.261 e. The molecule has 0 radical (unpaired) electrons. The van der Waals surface area contributed by atoms with E-state index in [-0.39, 0.29) is 17.3 Å². The van der Waals surface area contributed by atoms with Crippen LogP contribution in [0.3, 0.4) is 0 Å². The van der Waals surface area contributed by atoms with E-state index in [9.17, 15) is 18.3 Å². The molecule has 162 valence electrons. The minimum absolute atomic E-state index is 0.164. The minimum atomic E-state index is -3.70. The lowest BCUT2D eigenvalue weighted by molar-refractivity contribution is 0.0635. The molecule has 0 saturated carbocycles. The Morgan fingerprint density at radius 1 is 0.968 bits per heavy atom. The number of nitrogens with zero attached hydrogens (tertiary/aromatic N) is 1. The van der Waals surface area contributed by atoms with Crippen LogP contribution in [0.4, 0.5) is 5.69 Å². The summed E-state index contributed by atoms with van der Waals surface area (Å²) in [5, 5.41) is 10.5. The predicted octanol–water partition coefficient (Wildman–Crippen LogP) is 3.99. The van der Waals surface area contributed by atoms with Crippen molar-refractivity contribution in [3.05, 3.63) is 95.6 Å². The van der Waals surface area contributed by atoms with Crippen molar-refractivity contribution >= 4 is 21.6 Å². The third-order valence-corrected chi connectivity index (χ3v) is 6.36. The van der Waals surface area contributed by atoms with Crippen LogP contribution in [0.25, 0.3) is 0 Å². The quantitative estimate of drug-likeness (QED) is 0.557. The highest BCUT2D eigenvalue weighted by Crippen LogP contribution is 2.19. The number of sulfonamides is 1. The molecular formula is C24H26N2O4S. The summed E-state index contributed by atoms with van der Waals surface area (Å²) in [7, 11) is -3.70. The van der Waals surface area contributed by atoms with Crippen LogP contribution in [0.15, 0.2) is 83.8 Å². The third-order valence-electron chi connectivity index (χ3n) is 4.96. The zero-order chi connectivity index (χ0) is 22.4. The molecule has 6 nitrogen and oxygen atoms in total. The zero-order valence-electron chi connectivity index (χ0n) is 17.5. The molecule has 0 aliphatic heterocycles. The van der Waals surface area contributed by atoms with E-state index in [1.165, 1.54) is 12.1 Å². The number of rotatable bonds is 8. The molecule has 7 heteroatoms. The second-order valence-electron chi connectivity index (χ2n) is 7.27. The van der Waals surface area contributed by atoms with E-state index in [0.717, 1.165) is 11.1 Å². The number of aryl methyl sites for hydroxylation is 1. The normalized spacial score (nSPS) is 12.2. The molecule has 3 aromatic rings. The summed E-state index contributed by atoms with van der Waals surface area (Å²) in [5.41, 5.74) is 2.63. The van der Waals surface area contributed by atoms with Crippen molar-refractivity contribution in [3.8, 4) is 0 Å². The standard InChI is InChI=1S/C24H26N2O4S/c1-3-26(17-23(27)19-11-9-18(2)10-12-19)24(28)20-13-15-21(16-14-20)25-31(29,30)22-7-5-4-6-8-22/h4-16,23,25,27H,3,17H2,1-2H3. The first-order valence-corrected chi connectivity index (χ1v) is 11.5. The van der Waals surface area contributed by atoms with Crippen molar-refractivity contribution in [3.63, 3.8) is 0 Å². The monoisotopic (exact) mass is 438 g/mol. The van der Waals surface area contributed by atoms with Crippen LogP contribution in [0.1, 0.15) is 34.5 Å². The van der Waals surface area contributed by atoms with Crippen LogP contribution in [-0.2, 0) is 10.0 Å². The van der Waals surface area contributed by atoms with E-state index in [4.69, 9.17) is 0 Å². The second-order valence-corrected chi connectivity index (χ2v) is 8.95. The molecule has 0 bridgehead atoms. The number of aliphatic hydroxyl groups excluding tert-OH is 1. The number of benzene rings is 3. The van der Waals surface area contributed by atoms with Gasteiger partial charge < -0.3 is 10.0 Å². The number of aliphatic hydroxyl groups is 1. The van der Waals surface area contributed by atoms with Gasteiger partial charge in [-0.2, -0.15) is 0 Å². The summed E-state index contributed by atoms with van der Waals surface area (Å²) in [6.45, 7) is 4.43. The van der Waals surface area contributed by atoms with Crippen LogP contribution in [0.2, 0.25) is 0 Å². The number of carbonyl (C=O) groups excluding carboxylic acids is 1. The molecule has 0 fully saturated rings. The van der Waals surface area contributed by atoms with Gasteiger partial charge >= 0.3 is 0 Å². The Bertz CT molecular complexity index is 1110. The van der Waals surface area contributed by atoms with E-state index < -0.39 is 16.1 Å². The Labute approximate surface area is 183 Å². The summed E-state index contributed by atoms with van der Waals surface area (Å²) in [4.78, 5) is 14.6. The van der Waals surface area contributed by atoms with Crippen molar-refractivity contribution in [2.75, 3.05) is 17.8 Å². The van der Waals surface area contributed by atoms with Crippen LogP contribution in [0.5, 0.6) is 0 Å². The van der Waals surface area contributed by atoms with Crippen molar-refractivity contribution in [2.45, 2.75) is 24.8 Å². The fourth-order valence-electron chi connectivity index (χ4n) is 3.14. The van der Waals surface area contributed by atoms with Gasteiger partial charge in [0, 0.05) is 17.8 Å². The average molecular weight is 439 g/mol. The van der Waals surface area contributed by atoms with E-state index in [1.54, 1.807) is 47.4 Å². The molecule has 0 aliphatic rings. The lowest BCUT2D eigenvalue weighted by Crippen LogP contribution is -2.34. The first kappa shape index (κ1) is 22.5. The van der Waals surface area contributed by atoms with Gasteiger partial charge in [-0.15, -0.1) is 0 Å². The third kappa shape index (κ3) is 5.71. The molecule has 1 atom stereocenters. The average Bonchev–Trinajstić information content (AvgIpc) is 2.78. The summed E-state index contributed by atoms with van der Waals surface area (Å²) in [5.74, 6) is -0.230. The van der Waals surface area contributed by atoms with Gasteiger partial charge in [0.15, 0.2) is 0 Å². The molecule has 2 N–H and O–H groups in total. The van der Waals surface area contributed by atoms with Crippen LogP contribution in [0, 0.1) is 6.92 Å². The van der Waals surface area contributed by atoms with Gasteiger partial charge in [0.25, 0.3) is 15.9 Å². The first-order chi connectivity index (χ1) is 14.8. The van der Waals surface area contributed by atoms with Gasteiger partial charge in [0.2, 0.25) is 0 Å². The van der Waals surface area contributed by atoms with E-state index in [0.29, 0.717) is 17.8 Å². The second kappa shape index (κ2) is 9.76. The molecule has 0 aromatic heterocycles. The van der Waals surface area contributed by atoms with Gasteiger partial charge in [0.05, 0.1) is 17.5 Å². The van der Waals surface area contributed by atoms with Crippen LogP contribution in [-0.4, -0.2) is 37.4 Å². The van der Waals surface area contributed by atoms with E-state index in [1.807, 2.05) is 38.1 Å². The summed E-state index contributed by atoms with van der Waals surface area (Å²) >= 11 is 0. The molecule has 0 spiro atoms. The van der Waals surface area contributed by atoms with Gasteiger partial charge in [-0.1, -0.05) is 48.0 Å². The number of nitrogens with one attached hydrogen (secondary N) is 1. The molecule has 3 rings (SSSR count). The van der Waals surface area contributed by atoms with E-state index >= 15 is 0 Å². The lowest BCUT2D eigenvalue weighted by atomic mass is 10.1. The van der Waals surface area contributed by atoms with Gasteiger partial charge in [-0.3, -0.25) is 9.52 Å². The highest BCUT2D eigenvalue weighted by molar-refractivity contribution is 7.92. The number of hydrogen-bond acceptors (Lipinski definition) is 4. The summed E-state index contributed by atoms with van der Waals surface area (Å²) < 4.78 is 27.4. The number of likely N-dealkylation sites (N-methyl/N-ethyl adjacent to an activating group) is 1. The molecule has 0 aliphatic carbocycles. The zero-order valence-corrected chi connectivity index (χ0v) is 18.3. The maximum atomic E-state index is 12.9. The summed E-state index contributed by atoms with van der Waals surface area (Å²) in [6, 6.07) is 21.9. The maximum Gasteiger partial charge on any atom is 0.261 e. The Balaban J connectivity index is 1.69. The fraction of sp³-hybridized carbons (Fsp3) is 0.208. The largest absolute Gasteiger partial charge is 0.387 e. The van der Waals surface area contributed by atoms with Gasteiger partial charge in [-0.05, 0) is 55.8 Å². The Morgan fingerprint density at radius 3 is 2.16 bits per heavy atom. The van der Waals surface area contributed by atoms with Crippen molar-refractivity contribution < 1.29 is 18.3 Å². The maximum absolute atomic E-state index is 12.9. The molecule has 1 unspecified atom stereocenters. The van der Waals surface area contributed by atoms with Crippen molar-refractivity contribution in [1.82, 2.24) is 4.90 Å². The van der Waals surface area contributed by atoms with Crippen LogP contribution < -0.4 is 4.72 Å².